The maximum atomic E-state index is 12.1. The molecule has 1 heterocycles. The van der Waals surface area contributed by atoms with Gasteiger partial charge in [-0.1, -0.05) is 22.9 Å². The lowest BCUT2D eigenvalue weighted by Gasteiger charge is -2.21. The highest BCUT2D eigenvalue weighted by Gasteiger charge is 2.29. The van der Waals surface area contributed by atoms with Crippen LogP contribution in [0.25, 0.3) is 0 Å². The minimum Gasteiger partial charge on any atom is -0.395 e. The zero-order chi connectivity index (χ0) is 12.5. The SMILES string of the molecule is Cc1nc(Cl)sc1S(=O)(=O)N(C)C(C)CO. The van der Waals surface area contributed by atoms with E-state index in [2.05, 4.69) is 4.98 Å². The number of hydrogen-bond acceptors (Lipinski definition) is 5. The van der Waals surface area contributed by atoms with Gasteiger partial charge in [-0.15, -0.1) is 0 Å². The van der Waals surface area contributed by atoms with E-state index in [1.165, 1.54) is 7.05 Å². The summed E-state index contributed by atoms with van der Waals surface area (Å²) in [4.78, 5) is 3.86. The van der Waals surface area contributed by atoms with Crippen molar-refractivity contribution in [3.63, 3.8) is 0 Å². The van der Waals surface area contributed by atoms with Gasteiger partial charge in [0.1, 0.15) is 0 Å². The van der Waals surface area contributed by atoms with Gasteiger partial charge in [-0.05, 0) is 13.8 Å². The smallest absolute Gasteiger partial charge is 0.254 e. The minimum atomic E-state index is -3.62. The Morgan fingerprint density at radius 1 is 1.62 bits per heavy atom. The number of nitrogens with zero attached hydrogens (tertiary/aromatic N) is 2. The molecule has 16 heavy (non-hydrogen) atoms. The lowest BCUT2D eigenvalue weighted by Crippen LogP contribution is -2.37. The fourth-order valence-corrected chi connectivity index (χ4v) is 4.33. The topological polar surface area (TPSA) is 70.5 Å². The number of halogens is 1. The van der Waals surface area contributed by atoms with E-state index < -0.39 is 16.1 Å². The van der Waals surface area contributed by atoms with Gasteiger partial charge in [-0.3, -0.25) is 0 Å². The molecule has 0 aromatic carbocycles. The third-order valence-corrected chi connectivity index (χ3v) is 6.05. The lowest BCUT2D eigenvalue weighted by atomic mass is 10.4. The molecular formula is C8H13ClN2O3S2. The zero-order valence-electron chi connectivity index (χ0n) is 9.14. The summed E-state index contributed by atoms with van der Waals surface area (Å²) in [6, 6.07) is -0.481. The molecule has 0 bridgehead atoms. The molecule has 92 valence electrons. The van der Waals surface area contributed by atoms with Crippen LogP contribution in [0.4, 0.5) is 0 Å². The van der Waals surface area contributed by atoms with Crippen molar-refractivity contribution in [3.05, 3.63) is 10.2 Å². The van der Waals surface area contributed by atoms with E-state index in [4.69, 9.17) is 16.7 Å². The minimum absolute atomic E-state index is 0.125. The molecule has 0 spiro atoms. The van der Waals surface area contributed by atoms with Crippen LogP contribution in [0.3, 0.4) is 0 Å². The Morgan fingerprint density at radius 2 is 2.19 bits per heavy atom. The van der Waals surface area contributed by atoms with Gasteiger partial charge in [0.2, 0.25) is 0 Å². The summed E-state index contributed by atoms with van der Waals surface area (Å²) < 4.78 is 25.6. The number of rotatable bonds is 4. The van der Waals surface area contributed by atoms with E-state index in [0.29, 0.717) is 5.69 Å². The predicted molar refractivity (Wildman–Crippen MR) is 63.4 cm³/mol. The second-order valence-electron chi connectivity index (χ2n) is 3.39. The number of hydrogen-bond donors (Lipinski definition) is 1. The van der Waals surface area contributed by atoms with Crippen LogP contribution in [0.1, 0.15) is 12.6 Å². The maximum absolute atomic E-state index is 12.1. The molecule has 0 amide bonds. The molecule has 1 unspecified atom stereocenters. The van der Waals surface area contributed by atoms with Gasteiger partial charge in [0.05, 0.1) is 12.3 Å². The van der Waals surface area contributed by atoms with Crippen LogP contribution in [-0.4, -0.2) is 42.5 Å². The highest BCUT2D eigenvalue weighted by molar-refractivity contribution is 7.91. The second-order valence-corrected chi connectivity index (χ2v) is 7.17. The molecule has 0 saturated carbocycles. The predicted octanol–water partition coefficient (Wildman–Crippen LogP) is 1.11. The molecule has 5 nitrogen and oxygen atoms in total. The number of likely N-dealkylation sites (N-methyl/N-ethyl adjacent to an activating group) is 1. The van der Waals surface area contributed by atoms with E-state index in [9.17, 15) is 8.42 Å². The molecule has 1 N–H and O–H groups in total. The second kappa shape index (κ2) is 4.97. The van der Waals surface area contributed by atoms with Crippen LogP contribution in [0.5, 0.6) is 0 Å². The third-order valence-electron chi connectivity index (χ3n) is 2.23. The number of aliphatic hydroxyl groups excluding tert-OH is 1. The summed E-state index contributed by atoms with van der Waals surface area (Å²) in [6.07, 6.45) is 0. The Morgan fingerprint density at radius 3 is 2.56 bits per heavy atom. The number of sulfonamides is 1. The van der Waals surface area contributed by atoms with Crippen LogP contribution in [0, 0.1) is 6.92 Å². The van der Waals surface area contributed by atoms with Crippen molar-refractivity contribution in [2.75, 3.05) is 13.7 Å². The van der Waals surface area contributed by atoms with Crippen molar-refractivity contribution in [2.24, 2.45) is 0 Å². The van der Waals surface area contributed by atoms with Crippen molar-refractivity contribution in [1.29, 1.82) is 0 Å². The van der Waals surface area contributed by atoms with Crippen LogP contribution >= 0.6 is 22.9 Å². The molecule has 1 aromatic heterocycles. The normalized spacial score (nSPS) is 14.4. The van der Waals surface area contributed by atoms with Gasteiger partial charge in [0.25, 0.3) is 10.0 Å². The fourth-order valence-electron chi connectivity index (χ4n) is 1.07. The summed E-state index contributed by atoms with van der Waals surface area (Å²) in [6.45, 7) is 2.98. The average molecular weight is 285 g/mol. The standard InChI is InChI=1S/C8H13ClN2O3S2/c1-5(4-12)11(3)16(13,14)7-6(2)10-8(9)15-7/h5,12H,4H2,1-3H3. The van der Waals surface area contributed by atoms with Gasteiger partial charge in [-0.2, -0.15) is 4.31 Å². The molecule has 1 atom stereocenters. The first-order chi connectivity index (χ1) is 7.30. The zero-order valence-corrected chi connectivity index (χ0v) is 11.5. The highest BCUT2D eigenvalue weighted by Crippen LogP contribution is 2.29. The summed E-state index contributed by atoms with van der Waals surface area (Å²) in [5.41, 5.74) is 0.381. The number of thiazole rings is 1. The van der Waals surface area contributed by atoms with Crippen LogP contribution in [0.2, 0.25) is 4.47 Å². The Bertz CT molecular complexity index is 472. The largest absolute Gasteiger partial charge is 0.395 e. The Labute approximate surface area is 104 Å². The van der Waals surface area contributed by atoms with Gasteiger partial charge >= 0.3 is 0 Å². The van der Waals surface area contributed by atoms with E-state index in [1.54, 1.807) is 13.8 Å². The molecular weight excluding hydrogens is 272 g/mol. The monoisotopic (exact) mass is 284 g/mol. The summed E-state index contributed by atoms with van der Waals surface area (Å²) in [5, 5.41) is 8.95. The first-order valence-corrected chi connectivity index (χ1v) is 7.16. The first-order valence-electron chi connectivity index (χ1n) is 4.52. The van der Waals surface area contributed by atoms with Crippen molar-refractivity contribution in [3.8, 4) is 0 Å². The van der Waals surface area contributed by atoms with Crippen LogP contribution < -0.4 is 0 Å². The molecule has 1 aromatic rings. The summed E-state index contributed by atoms with van der Waals surface area (Å²) >= 11 is 6.59. The number of aliphatic hydroxyl groups is 1. The highest BCUT2D eigenvalue weighted by atomic mass is 35.5. The molecule has 0 fully saturated rings. The quantitative estimate of drug-likeness (QED) is 0.899. The summed E-state index contributed by atoms with van der Waals surface area (Å²) in [7, 11) is -2.20. The van der Waals surface area contributed by atoms with Crippen LogP contribution in [0.15, 0.2) is 4.21 Å². The number of aromatic nitrogens is 1. The first kappa shape index (κ1) is 13.9. The molecule has 0 aliphatic carbocycles. The van der Waals surface area contributed by atoms with Crippen molar-refractivity contribution >= 4 is 33.0 Å². The van der Waals surface area contributed by atoms with E-state index in [0.717, 1.165) is 15.6 Å². The molecule has 0 aliphatic rings. The molecule has 1 rings (SSSR count). The van der Waals surface area contributed by atoms with Gasteiger partial charge in [-0.25, -0.2) is 13.4 Å². The molecule has 0 saturated heterocycles. The average Bonchev–Trinajstić information content (AvgIpc) is 2.56. The molecule has 8 heteroatoms. The van der Waals surface area contributed by atoms with Crippen molar-refractivity contribution < 1.29 is 13.5 Å². The molecule has 0 radical (unpaired) electrons. The van der Waals surface area contributed by atoms with E-state index >= 15 is 0 Å². The van der Waals surface area contributed by atoms with Gasteiger partial charge < -0.3 is 5.11 Å². The third kappa shape index (κ3) is 2.54. The van der Waals surface area contributed by atoms with E-state index in [1.807, 2.05) is 0 Å². The van der Waals surface area contributed by atoms with Crippen LogP contribution in [-0.2, 0) is 10.0 Å². The Kier molecular flexibility index (Phi) is 4.30. The van der Waals surface area contributed by atoms with Crippen molar-refractivity contribution in [1.82, 2.24) is 9.29 Å². The Balaban J connectivity index is 3.17. The fraction of sp³-hybridized carbons (Fsp3) is 0.625. The number of aryl methyl sites for hydroxylation is 1. The lowest BCUT2D eigenvalue weighted by molar-refractivity contribution is 0.214. The van der Waals surface area contributed by atoms with Gasteiger partial charge in [0.15, 0.2) is 8.68 Å². The Hall–Kier alpha value is -0.210. The maximum Gasteiger partial charge on any atom is 0.254 e. The molecule has 0 aliphatic heterocycles. The van der Waals surface area contributed by atoms with Gasteiger partial charge in [0, 0.05) is 13.1 Å². The van der Waals surface area contributed by atoms with Crippen molar-refractivity contribution in [2.45, 2.75) is 24.1 Å². The summed E-state index contributed by atoms with van der Waals surface area (Å²) in [5.74, 6) is 0. The van der Waals surface area contributed by atoms with E-state index in [-0.39, 0.29) is 15.3 Å².